The summed E-state index contributed by atoms with van der Waals surface area (Å²) < 4.78 is 13.3. The number of imide groups is 1. The fourth-order valence-corrected chi connectivity index (χ4v) is 5.39. The van der Waals surface area contributed by atoms with Gasteiger partial charge in [0.2, 0.25) is 11.8 Å². The van der Waals surface area contributed by atoms with E-state index in [-0.39, 0.29) is 23.6 Å². The van der Waals surface area contributed by atoms with Gasteiger partial charge in [0.1, 0.15) is 5.82 Å². The fourth-order valence-electron chi connectivity index (χ4n) is 5.17. The normalized spacial score (nSPS) is 28.7. The molecule has 2 amide bonds. The van der Waals surface area contributed by atoms with Crippen molar-refractivity contribution in [3.05, 3.63) is 64.9 Å². The zero-order chi connectivity index (χ0) is 20.3. The zero-order valence-corrected chi connectivity index (χ0v) is 16.2. The lowest BCUT2D eigenvalue weighted by Crippen LogP contribution is -2.46. The number of hydrogen-bond acceptors (Lipinski definition) is 4. The number of ketones is 1. The van der Waals surface area contributed by atoms with E-state index in [1.54, 1.807) is 24.3 Å². The third-order valence-corrected chi connectivity index (χ3v) is 6.66. The Bertz CT molecular complexity index is 1020. The predicted octanol–water partition coefficient (Wildman–Crippen LogP) is 3.31. The molecule has 2 aromatic rings. The molecule has 29 heavy (non-hydrogen) atoms. The van der Waals surface area contributed by atoms with Crippen LogP contribution in [0.4, 0.5) is 10.1 Å². The van der Waals surface area contributed by atoms with Crippen LogP contribution in [0.5, 0.6) is 0 Å². The second-order valence-electron chi connectivity index (χ2n) is 7.78. The molecular weight excluding hydrogens is 395 g/mol. The number of carbonyl (C=O) groups is 3. The van der Waals surface area contributed by atoms with Crippen LogP contribution in [0.1, 0.15) is 23.2 Å². The number of rotatable bonds is 3. The van der Waals surface area contributed by atoms with E-state index in [2.05, 4.69) is 0 Å². The van der Waals surface area contributed by atoms with E-state index in [0.29, 0.717) is 22.8 Å². The molecule has 0 unspecified atom stereocenters. The number of carbonyl (C=O) groups excluding carboxylic acids is 3. The summed E-state index contributed by atoms with van der Waals surface area (Å²) in [6.45, 7) is 0.669. The third-order valence-electron chi connectivity index (χ3n) is 6.34. The number of Topliss-reactive ketones (excluding diaryl/α,β-unsaturated/α-hetero) is 1. The number of para-hydroxylation sites is 1. The maximum Gasteiger partial charge on any atom is 0.239 e. The summed E-state index contributed by atoms with van der Waals surface area (Å²) in [4.78, 5) is 43.2. The fraction of sp³-hybridized carbons (Fsp3) is 0.318. The lowest BCUT2D eigenvalue weighted by molar-refractivity contribution is -0.123. The second-order valence-corrected chi connectivity index (χ2v) is 8.19. The number of anilines is 1. The molecule has 3 aliphatic heterocycles. The van der Waals surface area contributed by atoms with Gasteiger partial charge < -0.3 is 0 Å². The molecule has 0 aliphatic carbocycles. The van der Waals surface area contributed by atoms with Gasteiger partial charge in [-0.05, 0) is 55.8 Å². The van der Waals surface area contributed by atoms with E-state index < -0.39 is 23.7 Å². The van der Waals surface area contributed by atoms with Crippen LogP contribution in [0.3, 0.4) is 0 Å². The highest BCUT2D eigenvalue weighted by atomic mass is 35.5. The van der Waals surface area contributed by atoms with Gasteiger partial charge in [0.05, 0.1) is 28.6 Å². The minimum absolute atomic E-state index is 0.140. The maximum absolute atomic E-state index is 13.4. The quantitative estimate of drug-likeness (QED) is 0.573. The first-order chi connectivity index (χ1) is 14.0. The molecule has 0 spiro atoms. The Morgan fingerprint density at radius 1 is 1.00 bits per heavy atom. The number of nitrogens with zero attached hydrogens (tertiary/aromatic N) is 2. The minimum Gasteiger partial charge on any atom is -0.292 e. The molecule has 5 rings (SSSR count). The first kappa shape index (κ1) is 18.5. The number of benzene rings is 2. The molecule has 3 aliphatic rings. The molecule has 2 aromatic carbocycles. The van der Waals surface area contributed by atoms with Crippen LogP contribution < -0.4 is 4.90 Å². The van der Waals surface area contributed by atoms with Crippen molar-refractivity contribution in [2.45, 2.75) is 24.9 Å². The van der Waals surface area contributed by atoms with E-state index in [0.717, 1.165) is 17.7 Å². The molecule has 3 saturated heterocycles. The summed E-state index contributed by atoms with van der Waals surface area (Å²) in [5, 5.41) is 0.318. The highest BCUT2D eigenvalue weighted by Crippen LogP contribution is 2.49. The molecule has 3 heterocycles. The molecular formula is C22H18ClFN2O3. The first-order valence-corrected chi connectivity index (χ1v) is 10.0. The summed E-state index contributed by atoms with van der Waals surface area (Å²) in [5.74, 6) is -2.66. The lowest BCUT2D eigenvalue weighted by atomic mass is 9.85. The van der Waals surface area contributed by atoms with Crippen LogP contribution in [-0.2, 0) is 9.59 Å². The third kappa shape index (κ3) is 2.66. The Morgan fingerprint density at radius 2 is 1.69 bits per heavy atom. The topological polar surface area (TPSA) is 57.7 Å². The van der Waals surface area contributed by atoms with Crippen molar-refractivity contribution in [3.63, 3.8) is 0 Å². The van der Waals surface area contributed by atoms with Crippen LogP contribution in [0, 0.1) is 17.7 Å². The van der Waals surface area contributed by atoms with E-state index >= 15 is 0 Å². The van der Waals surface area contributed by atoms with Crippen molar-refractivity contribution in [3.8, 4) is 0 Å². The summed E-state index contributed by atoms with van der Waals surface area (Å²) in [5.41, 5.74) is 0.704. The van der Waals surface area contributed by atoms with Gasteiger partial charge in [-0.1, -0.05) is 23.7 Å². The molecule has 0 aromatic heterocycles. The van der Waals surface area contributed by atoms with Crippen molar-refractivity contribution >= 4 is 34.9 Å². The molecule has 4 atom stereocenters. The van der Waals surface area contributed by atoms with Crippen molar-refractivity contribution in [1.82, 2.24) is 4.90 Å². The Labute approximate surface area is 172 Å². The monoisotopic (exact) mass is 412 g/mol. The van der Waals surface area contributed by atoms with Crippen LogP contribution in [-0.4, -0.2) is 41.1 Å². The molecule has 0 N–H and O–H groups in total. The van der Waals surface area contributed by atoms with Gasteiger partial charge in [0.25, 0.3) is 0 Å². The summed E-state index contributed by atoms with van der Waals surface area (Å²) >= 11 is 6.25. The Balaban J connectivity index is 1.56. The largest absolute Gasteiger partial charge is 0.292 e. The van der Waals surface area contributed by atoms with Crippen LogP contribution >= 0.6 is 11.6 Å². The van der Waals surface area contributed by atoms with Crippen molar-refractivity contribution in [1.29, 1.82) is 0 Å². The summed E-state index contributed by atoms with van der Waals surface area (Å²) in [6.07, 6.45) is 1.64. The van der Waals surface area contributed by atoms with Gasteiger partial charge in [0.15, 0.2) is 5.78 Å². The standard InChI is InChI=1S/C22H18ClFN2O3/c23-14-4-1-2-5-15(14)26-21(28)17-16-6-3-11-25(16)19(18(17)22(26)29)20(27)12-7-9-13(24)10-8-12/h1-2,4-5,7-10,16-19H,3,6,11H2/t16-,17+,18-,19-/m0/s1. The van der Waals surface area contributed by atoms with E-state index in [9.17, 15) is 18.8 Å². The molecule has 7 heteroatoms. The molecule has 5 nitrogen and oxygen atoms in total. The first-order valence-electron chi connectivity index (χ1n) is 9.67. The predicted molar refractivity (Wildman–Crippen MR) is 105 cm³/mol. The smallest absolute Gasteiger partial charge is 0.239 e. The number of amides is 2. The Hall–Kier alpha value is -2.57. The van der Waals surface area contributed by atoms with Crippen LogP contribution in [0.15, 0.2) is 48.5 Å². The van der Waals surface area contributed by atoms with Gasteiger partial charge >= 0.3 is 0 Å². The number of hydrogen-bond donors (Lipinski definition) is 0. The highest BCUT2D eigenvalue weighted by Gasteiger charge is 2.64. The second kappa shape index (κ2) is 6.75. The molecule has 148 valence electrons. The van der Waals surface area contributed by atoms with Crippen LogP contribution in [0.25, 0.3) is 0 Å². The van der Waals surface area contributed by atoms with E-state index in [1.807, 2.05) is 4.90 Å². The lowest BCUT2D eigenvalue weighted by Gasteiger charge is -2.27. The van der Waals surface area contributed by atoms with Gasteiger partial charge in [-0.25, -0.2) is 9.29 Å². The van der Waals surface area contributed by atoms with E-state index in [4.69, 9.17) is 11.6 Å². The van der Waals surface area contributed by atoms with Gasteiger partial charge in [0, 0.05) is 11.6 Å². The summed E-state index contributed by atoms with van der Waals surface area (Å²) in [6, 6.07) is 11.2. The Morgan fingerprint density at radius 3 is 2.41 bits per heavy atom. The highest BCUT2D eigenvalue weighted by molar-refractivity contribution is 6.36. The van der Waals surface area contributed by atoms with Crippen LogP contribution in [0.2, 0.25) is 5.02 Å². The molecule has 0 bridgehead atoms. The summed E-state index contributed by atoms with van der Waals surface area (Å²) in [7, 11) is 0. The molecule has 0 saturated carbocycles. The van der Waals surface area contributed by atoms with Crippen molar-refractivity contribution in [2.75, 3.05) is 11.4 Å². The zero-order valence-electron chi connectivity index (χ0n) is 15.4. The Kier molecular flexibility index (Phi) is 4.29. The average Bonchev–Trinajstić information content (AvgIpc) is 3.35. The molecule has 0 radical (unpaired) electrons. The minimum atomic E-state index is -0.748. The van der Waals surface area contributed by atoms with Crippen molar-refractivity contribution < 1.29 is 18.8 Å². The molecule has 3 fully saturated rings. The van der Waals surface area contributed by atoms with Gasteiger partial charge in [-0.15, -0.1) is 0 Å². The number of fused-ring (bicyclic) bond motifs is 3. The van der Waals surface area contributed by atoms with Gasteiger partial charge in [-0.2, -0.15) is 0 Å². The van der Waals surface area contributed by atoms with Gasteiger partial charge in [-0.3, -0.25) is 19.3 Å². The maximum atomic E-state index is 13.4. The van der Waals surface area contributed by atoms with Crippen molar-refractivity contribution in [2.24, 2.45) is 11.8 Å². The SMILES string of the molecule is O=C(c1ccc(F)cc1)[C@@H]1[C@H]2C(=O)N(c3ccccc3Cl)C(=O)[C@@H]2[C@@H]2CCCN12. The number of halogens is 2. The average molecular weight is 413 g/mol. The van der Waals surface area contributed by atoms with E-state index in [1.165, 1.54) is 24.3 Å².